The summed E-state index contributed by atoms with van der Waals surface area (Å²) in [7, 11) is 0. The van der Waals surface area contributed by atoms with E-state index in [9.17, 15) is 0 Å². The molecule has 0 saturated heterocycles. The third-order valence-electron chi connectivity index (χ3n) is 1.85. The van der Waals surface area contributed by atoms with E-state index >= 15 is 0 Å². The van der Waals surface area contributed by atoms with E-state index in [1.807, 2.05) is 27.7 Å². The predicted octanol–water partition coefficient (Wildman–Crippen LogP) is 1.30. The van der Waals surface area contributed by atoms with Gasteiger partial charge in [0.05, 0.1) is 12.2 Å². The van der Waals surface area contributed by atoms with Crippen LogP contribution in [0.3, 0.4) is 0 Å². The Kier molecular flexibility index (Phi) is 4.06. The van der Waals surface area contributed by atoms with Gasteiger partial charge in [0, 0.05) is 5.54 Å². The minimum absolute atomic E-state index is 0.386. The molecule has 0 radical (unpaired) electrons. The van der Waals surface area contributed by atoms with Gasteiger partial charge >= 0.3 is 0 Å². The van der Waals surface area contributed by atoms with Crippen molar-refractivity contribution in [2.75, 3.05) is 13.2 Å². The summed E-state index contributed by atoms with van der Waals surface area (Å²) in [5.74, 6) is 1.08. The summed E-state index contributed by atoms with van der Waals surface area (Å²) in [5, 5.41) is 0. The molecule has 0 atom stereocenters. The predicted molar refractivity (Wildman–Crippen MR) is 61.7 cm³/mol. The zero-order valence-electron chi connectivity index (χ0n) is 10.3. The highest BCUT2D eigenvalue weighted by Gasteiger charge is 2.15. The normalized spacial score (nSPS) is 11.3. The van der Waals surface area contributed by atoms with Crippen molar-refractivity contribution >= 4 is 0 Å². The average molecular weight is 225 g/mol. The summed E-state index contributed by atoms with van der Waals surface area (Å²) in [6, 6.07) is 0. The van der Waals surface area contributed by atoms with Crippen molar-refractivity contribution in [3.63, 3.8) is 0 Å². The molecule has 0 aliphatic heterocycles. The lowest BCUT2D eigenvalue weighted by Crippen LogP contribution is -2.38. The van der Waals surface area contributed by atoms with Crippen LogP contribution in [0.2, 0.25) is 0 Å². The van der Waals surface area contributed by atoms with Crippen LogP contribution in [0.25, 0.3) is 0 Å². The van der Waals surface area contributed by atoms with E-state index in [-0.39, 0.29) is 5.54 Å². The molecule has 0 bridgehead atoms. The Labute approximate surface area is 96.0 Å². The summed E-state index contributed by atoms with van der Waals surface area (Å²) in [5.41, 5.74) is 6.24. The molecule has 0 aliphatic carbocycles. The second kappa shape index (κ2) is 5.12. The first kappa shape index (κ1) is 12.7. The van der Waals surface area contributed by atoms with E-state index in [4.69, 9.17) is 15.2 Å². The molecule has 90 valence electrons. The molecular formula is C11H19N3O2. The van der Waals surface area contributed by atoms with Gasteiger partial charge in [0.25, 0.3) is 0 Å². The smallest absolute Gasteiger partial charge is 0.223 e. The highest BCUT2D eigenvalue weighted by Crippen LogP contribution is 2.22. The van der Waals surface area contributed by atoms with E-state index in [1.165, 1.54) is 6.33 Å². The average Bonchev–Trinajstić information content (AvgIpc) is 2.18. The maximum atomic E-state index is 5.83. The maximum Gasteiger partial charge on any atom is 0.223 e. The third-order valence-corrected chi connectivity index (χ3v) is 1.85. The number of hydrogen-bond donors (Lipinski definition) is 1. The molecule has 0 amide bonds. The van der Waals surface area contributed by atoms with Crippen molar-refractivity contribution in [2.24, 2.45) is 5.73 Å². The van der Waals surface area contributed by atoms with Gasteiger partial charge in [-0.05, 0) is 27.7 Å². The monoisotopic (exact) mass is 225 g/mol. The van der Waals surface area contributed by atoms with Crippen LogP contribution in [-0.2, 0) is 0 Å². The van der Waals surface area contributed by atoms with Crippen LogP contribution >= 0.6 is 0 Å². The topological polar surface area (TPSA) is 70.3 Å². The highest BCUT2D eigenvalue weighted by atomic mass is 16.5. The molecule has 0 spiro atoms. The van der Waals surface area contributed by atoms with Gasteiger partial charge in [-0.1, -0.05) is 0 Å². The number of rotatable bonds is 5. The Balaban J connectivity index is 2.77. The van der Waals surface area contributed by atoms with Crippen LogP contribution in [0.1, 0.15) is 26.3 Å². The van der Waals surface area contributed by atoms with E-state index in [1.54, 1.807) is 0 Å². The third kappa shape index (κ3) is 3.66. The number of nitrogens with two attached hydrogens (primary N) is 1. The van der Waals surface area contributed by atoms with Crippen molar-refractivity contribution in [3.05, 3.63) is 11.9 Å². The second-order valence-corrected chi connectivity index (χ2v) is 4.32. The van der Waals surface area contributed by atoms with Crippen molar-refractivity contribution in [1.82, 2.24) is 9.97 Å². The van der Waals surface area contributed by atoms with Crippen LogP contribution in [0.4, 0.5) is 0 Å². The van der Waals surface area contributed by atoms with E-state index in [0.29, 0.717) is 25.0 Å². The molecule has 0 fully saturated rings. The van der Waals surface area contributed by atoms with E-state index in [2.05, 4.69) is 9.97 Å². The number of aromatic nitrogens is 2. The fraction of sp³-hybridized carbons (Fsp3) is 0.636. The largest absolute Gasteiger partial charge is 0.478 e. The Morgan fingerprint density at radius 3 is 2.31 bits per heavy atom. The molecule has 0 aliphatic rings. The molecule has 1 rings (SSSR count). The van der Waals surface area contributed by atoms with Crippen molar-refractivity contribution in [3.8, 4) is 11.8 Å². The molecule has 1 aromatic heterocycles. The molecule has 0 saturated carbocycles. The number of ether oxygens (including phenoxy) is 2. The Morgan fingerprint density at radius 2 is 1.81 bits per heavy atom. The zero-order valence-corrected chi connectivity index (χ0v) is 10.3. The van der Waals surface area contributed by atoms with Crippen molar-refractivity contribution in [1.29, 1.82) is 0 Å². The van der Waals surface area contributed by atoms with Crippen molar-refractivity contribution in [2.45, 2.75) is 33.2 Å². The molecule has 2 N–H and O–H groups in total. The van der Waals surface area contributed by atoms with Crippen molar-refractivity contribution < 1.29 is 9.47 Å². The Morgan fingerprint density at radius 1 is 1.25 bits per heavy atom. The SMILES string of the molecule is CCOc1ncnc(OCC(C)(C)N)c1C. The number of hydrogen-bond acceptors (Lipinski definition) is 5. The Bertz CT molecular complexity index is 348. The van der Waals surface area contributed by atoms with Gasteiger partial charge in [-0.15, -0.1) is 0 Å². The lowest BCUT2D eigenvalue weighted by Gasteiger charge is -2.19. The molecular weight excluding hydrogens is 206 g/mol. The molecule has 0 aromatic carbocycles. The minimum Gasteiger partial charge on any atom is -0.478 e. The van der Waals surface area contributed by atoms with Gasteiger partial charge in [-0.2, -0.15) is 0 Å². The van der Waals surface area contributed by atoms with Gasteiger partial charge in [0.2, 0.25) is 11.8 Å². The second-order valence-electron chi connectivity index (χ2n) is 4.32. The summed E-state index contributed by atoms with van der Waals surface area (Å²) in [6.45, 7) is 8.53. The standard InChI is InChI=1S/C11H19N3O2/c1-5-15-9-8(2)10(14-7-13-9)16-6-11(3,4)12/h7H,5-6,12H2,1-4H3. The van der Waals surface area contributed by atoms with Crippen LogP contribution < -0.4 is 15.2 Å². The summed E-state index contributed by atoms with van der Waals surface area (Å²) < 4.78 is 10.9. The van der Waals surface area contributed by atoms with Gasteiger partial charge in [-0.25, -0.2) is 9.97 Å². The molecule has 5 heteroatoms. The summed E-state index contributed by atoms with van der Waals surface area (Å²) >= 11 is 0. The fourth-order valence-corrected chi connectivity index (χ4v) is 1.10. The van der Waals surface area contributed by atoms with Crippen LogP contribution in [-0.4, -0.2) is 28.7 Å². The minimum atomic E-state index is -0.386. The molecule has 5 nitrogen and oxygen atoms in total. The first-order valence-corrected chi connectivity index (χ1v) is 5.30. The lowest BCUT2D eigenvalue weighted by molar-refractivity contribution is 0.230. The van der Waals surface area contributed by atoms with Gasteiger partial charge in [-0.3, -0.25) is 0 Å². The molecule has 1 aromatic rings. The van der Waals surface area contributed by atoms with E-state index < -0.39 is 0 Å². The van der Waals surface area contributed by atoms with Gasteiger partial charge in [0.1, 0.15) is 12.9 Å². The quantitative estimate of drug-likeness (QED) is 0.817. The zero-order chi connectivity index (χ0) is 12.2. The maximum absolute atomic E-state index is 5.83. The van der Waals surface area contributed by atoms with Gasteiger partial charge in [0.15, 0.2) is 0 Å². The Hall–Kier alpha value is -1.36. The van der Waals surface area contributed by atoms with Gasteiger partial charge < -0.3 is 15.2 Å². The first-order chi connectivity index (χ1) is 7.44. The van der Waals surface area contributed by atoms with Crippen LogP contribution in [0, 0.1) is 6.92 Å². The molecule has 1 heterocycles. The lowest BCUT2D eigenvalue weighted by atomic mass is 10.1. The fourth-order valence-electron chi connectivity index (χ4n) is 1.10. The van der Waals surface area contributed by atoms with Crippen LogP contribution in [0.5, 0.6) is 11.8 Å². The molecule has 0 unspecified atom stereocenters. The van der Waals surface area contributed by atoms with E-state index in [0.717, 1.165) is 5.56 Å². The molecule has 16 heavy (non-hydrogen) atoms. The summed E-state index contributed by atoms with van der Waals surface area (Å²) in [4.78, 5) is 8.08. The summed E-state index contributed by atoms with van der Waals surface area (Å²) in [6.07, 6.45) is 1.43. The van der Waals surface area contributed by atoms with Crippen LogP contribution in [0.15, 0.2) is 6.33 Å². The highest BCUT2D eigenvalue weighted by molar-refractivity contribution is 5.32. The first-order valence-electron chi connectivity index (χ1n) is 5.30. The number of nitrogens with zero attached hydrogens (tertiary/aromatic N) is 2.